The highest BCUT2D eigenvalue weighted by Gasteiger charge is 2.14. The Labute approximate surface area is 95.6 Å². The zero-order valence-electron chi connectivity index (χ0n) is 9.10. The normalized spacial score (nSPS) is 16.9. The van der Waals surface area contributed by atoms with Gasteiger partial charge in [-0.3, -0.25) is 0 Å². The van der Waals surface area contributed by atoms with Crippen LogP contribution in [0.4, 0.5) is 0 Å². The summed E-state index contributed by atoms with van der Waals surface area (Å²) in [6.07, 6.45) is 1.61. The van der Waals surface area contributed by atoms with Crippen LogP contribution in [0.15, 0.2) is 36.4 Å². The summed E-state index contributed by atoms with van der Waals surface area (Å²) in [5, 5.41) is 8.84. The summed E-state index contributed by atoms with van der Waals surface area (Å²) >= 11 is 0. The van der Waals surface area contributed by atoms with E-state index in [2.05, 4.69) is 11.0 Å². The summed E-state index contributed by atoms with van der Waals surface area (Å²) < 4.78 is 5.31. The average Bonchev–Trinajstić information content (AvgIpc) is 2.38. The lowest BCUT2D eigenvalue weighted by Gasteiger charge is -2.30. The van der Waals surface area contributed by atoms with Gasteiger partial charge in [0.2, 0.25) is 0 Å². The highest BCUT2D eigenvalue weighted by molar-refractivity contribution is 5.66. The monoisotopic (exact) mass is 214 g/mol. The Kier molecular flexibility index (Phi) is 3.58. The third-order valence-electron chi connectivity index (χ3n) is 2.62. The number of hydrogen-bond donors (Lipinski definition) is 0. The van der Waals surface area contributed by atoms with Gasteiger partial charge < -0.3 is 9.64 Å². The Balaban J connectivity index is 2.24. The van der Waals surface area contributed by atoms with E-state index >= 15 is 0 Å². The zero-order chi connectivity index (χ0) is 11.2. The lowest BCUT2D eigenvalue weighted by atomic mass is 10.1. The van der Waals surface area contributed by atoms with Crippen molar-refractivity contribution in [3.8, 4) is 6.07 Å². The van der Waals surface area contributed by atoms with Gasteiger partial charge in [0.25, 0.3) is 0 Å². The molecule has 0 aliphatic carbocycles. The molecule has 0 N–H and O–H groups in total. The Hall–Kier alpha value is -1.79. The van der Waals surface area contributed by atoms with Crippen molar-refractivity contribution in [1.29, 1.82) is 5.26 Å². The molecule has 1 aromatic rings. The molecule has 3 nitrogen and oxygen atoms in total. The van der Waals surface area contributed by atoms with Crippen LogP contribution in [0.3, 0.4) is 0 Å². The van der Waals surface area contributed by atoms with E-state index in [0.29, 0.717) is 0 Å². The van der Waals surface area contributed by atoms with E-state index in [1.807, 2.05) is 30.3 Å². The molecule has 0 amide bonds. The van der Waals surface area contributed by atoms with Crippen molar-refractivity contribution in [2.24, 2.45) is 0 Å². The van der Waals surface area contributed by atoms with Gasteiger partial charge in [0.15, 0.2) is 0 Å². The van der Waals surface area contributed by atoms with E-state index in [4.69, 9.17) is 10.00 Å². The second-order valence-electron chi connectivity index (χ2n) is 3.62. The van der Waals surface area contributed by atoms with Crippen molar-refractivity contribution < 1.29 is 4.74 Å². The van der Waals surface area contributed by atoms with Gasteiger partial charge in [0, 0.05) is 19.2 Å². The van der Waals surface area contributed by atoms with Crippen molar-refractivity contribution >= 4 is 5.70 Å². The maximum atomic E-state index is 8.84. The summed E-state index contributed by atoms with van der Waals surface area (Å²) in [6, 6.07) is 12.1. The van der Waals surface area contributed by atoms with Gasteiger partial charge in [-0.05, 0) is 5.56 Å². The molecule has 1 aromatic carbocycles. The van der Waals surface area contributed by atoms with Crippen molar-refractivity contribution in [1.82, 2.24) is 4.90 Å². The van der Waals surface area contributed by atoms with Crippen LogP contribution in [0.5, 0.6) is 0 Å². The molecular formula is C13H14N2O. The summed E-state index contributed by atoms with van der Waals surface area (Å²) in [5.41, 5.74) is 2.08. The third-order valence-corrected chi connectivity index (χ3v) is 2.62. The molecule has 16 heavy (non-hydrogen) atoms. The maximum absolute atomic E-state index is 8.84. The van der Waals surface area contributed by atoms with E-state index in [1.165, 1.54) is 0 Å². The fourth-order valence-corrected chi connectivity index (χ4v) is 1.83. The highest BCUT2D eigenvalue weighted by atomic mass is 16.5. The largest absolute Gasteiger partial charge is 0.378 e. The predicted octanol–water partition coefficient (Wildman–Crippen LogP) is 1.88. The number of nitriles is 1. The van der Waals surface area contributed by atoms with Crippen LogP contribution in [0.2, 0.25) is 0 Å². The zero-order valence-corrected chi connectivity index (χ0v) is 9.10. The molecule has 0 radical (unpaired) electrons. The molecule has 0 aromatic heterocycles. The van der Waals surface area contributed by atoms with Crippen LogP contribution in [-0.4, -0.2) is 31.2 Å². The van der Waals surface area contributed by atoms with Crippen LogP contribution in [0.1, 0.15) is 5.56 Å². The Morgan fingerprint density at radius 1 is 1.25 bits per heavy atom. The van der Waals surface area contributed by atoms with Gasteiger partial charge in [-0.15, -0.1) is 0 Å². The number of hydrogen-bond acceptors (Lipinski definition) is 3. The minimum absolute atomic E-state index is 0.732. The number of nitrogens with zero attached hydrogens (tertiary/aromatic N) is 2. The molecule has 0 bridgehead atoms. The molecule has 1 aliphatic heterocycles. The van der Waals surface area contributed by atoms with Crippen molar-refractivity contribution in [2.45, 2.75) is 0 Å². The molecule has 0 atom stereocenters. The Bertz CT molecular complexity index is 400. The molecule has 1 saturated heterocycles. The van der Waals surface area contributed by atoms with Crippen molar-refractivity contribution in [2.75, 3.05) is 26.3 Å². The van der Waals surface area contributed by atoms with Crippen molar-refractivity contribution in [3.05, 3.63) is 42.0 Å². The minimum Gasteiger partial charge on any atom is -0.378 e. The van der Waals surface area contributed by atoms with E-state index in [0.717, 1.165) is 37.6 Å². The molecule has 1 fully saturated rings. The molecule has 1 aliphatic rings. The molecule has 3 heteroatoms. The SMILES string of the molecule is N#C/C=C(\c1ccccc1)N1CCOCC1. The standard InChI is InChI=1S/C13H14N2O/c14-7-6-13(12-4-2-1-3-5-12)15-8-10-16-11-9-15/h1-6H,8-11H2/b13-6+. The number of morpholine rings is 1. The second kappa shape index (κ2) is 5.34. The quantitative estimate of drug-likeness (QED) is 0.705. The van der Waals surface area contributed by atoms with E-state index in [-0.39, 0.29) is 0 Å². The number of benzene rings is 1. The van der Waals surface area contributed by atoms with E-state index in [1.54, 1.807) is 6.08 Å². The smallest absolute Gasteiger partial charge is 0.0934 e. The first-order chi connectivity index (χ1) is 7.92. The number of allylic oxidation sites excluding steroid dienone is 1. The van der Waals surface area contributed by atoms with Crippen LogP contribution in [0.25, 0.3) is 5.70 Å². The molecule has 1 heterocycles. The summed E-state index contributed by atoms with van der Waals surface area (Å²) in [5.74, 6) is 0. The van der Waals surface area contributed by atoms with E-state index in [9.17, 15) is 0 Å². The minimum atomic E-state index is 0.732. The topological polar surface area (TPSA) is 36.3 Å². The fraction of sp³-hybridized carbons (Fsp3) is 0.308. The van der Waals surface area contributed by atoms with Gasteiger partial charge in [-0.25, -0.2) is 0 Å². The van der Waals surface area contributed by atoms with Crippen molar-refractivity contribution in [3.63, 3.8) is 0 Å². The second-order valence-corrected chi connectivity index (χ2v) is 3.62. The number of rotatable bonds is 2. The maximum Gasteiger partial charge on any atom is 0.0934 e. The summed E-state index contributed by atoms with van der Waals surface area (Å²) in [7, 11) is 0. The first-order valence-corrected chi connectivity index (χ1v) is 5.40. The first-order valence-electron chi connectivity index (χ1n) is 5.40. The van der Waals surface area contributed by atoms with Crippen LogP contribution >= 0.6 is 0 Å². The lowest BCUT2D eigenvalue weighted by molar-refractivity contribution is 0.0640. The van der Waals surface area contributed by atoms with Crippen LogP contribution < -0.4 is 0 Å². The highest BCUT2D eigenvalue weighted by Crippen LogP contribution is 2.19. The Morgan fingerprint density at radius 2 is 1.94 bits per heavy atom. The van der Waals surface area contributed by atoms with Crippen LogP contribution in [-0.2, 0) is 4.74 Å². The van der Waals surface area contributed by atoms with Gasteiger partial charge in [-0.1, -0.05) is 30.3 Å². The fourth-order valence-electron chi connectivity index (χ4n) is 1.83. The lowest BCUT2D eigenvalue weighted by Crippen LogP contribution is -2.34. The third kappa shape index (κ3) is 2.41. The van der Waals surface area contributed by atoms with Gasteiger partial charge in [0.05, 0.1) is 25.0 Å². The molecular weight excluding hydrogens is 200 g/mol. The summed E-state index contributed by atoms with van der Waals surface area (Å²) in [6.45, 7) is 3.16. The summed E-state index contributed by atoms with van der Waals surface area (Å²) in [4.78, 5) is 2.20. The van der Waals surface area contributed by atoms with Gasteiger partial charge >= 0.3 is 0 Å². The molecule has 0 spiro atoms. The van der Waals surface area contributed by atoms with E-state index < -0.39 is 0 Å². The first kappa shape index (κ1) is 10.7. The molecule has 82 valence electrons. The predicted molar refractivity (Wildman–Crippen MR) is 62.4 cm³/mol. The van der Waals surface area contributed by atoms with Gasteiger partial charge in [0.1, 0.15) is 0 Å². The molecule has 0 saturated carbocycles. The van der Waals surface area contributed by atoms with Crippen LogP contribution in [0, 0.1) is 11.3 Å². The van der Waals surface area contributed by atoms with Gasteiger partial charge in [-0.2, -0.15) is 5.26 Å². The molecule has 0 unspecified atom stereocenters. The Morgan fingerprint density at radius 3 is 2.56 bits per heavy atom. The number of ether oxygens (including phenoxy) is 1. The average molecular weight is 214 g/mol. The molecule has 2 rings (SSSR count).